The van der Waals surface area contributed by atoms with Crippen LogP contribution in [0.25, 0.3) is 0 Å². The first-order valence-corrected chi connectivity index (χ1v) is 7.73. The van der Waals surface area contributed by atoms with Crippen molar-refractivity contribution < 1.29 is 9.90 Å². The standard InChI is InChI=1S/C17H25NO2/c1-2-16(13-8-4-3-5-9-13)18-12-14-10-6-7-11-15(14)17(19)20/h3-5,8-9,14-16,18H,2,6-7,10-12H2,1H3,(H,19,20). The zero-order valence-corrected chi connectivity index (χ0v) is 12.2. The molecule has 1 aliphatic rings. The molecular formula is C17H25NO2. The number of rotatable bonds is 6. The lowest BCUT2D eigenvalue weighted by molar-refractivity contribution is -0.144. The molecule has 0 radical (unpaired) electrons. The summed E-state index contributed by atoms with van der Waals surface area (Å²) in [7, 11) is 0. The Labute approximate surface area is 121 Å². The van der Waals surface area contributed by atoms with Crippen molar-refractivity contribution in [2.24, 2.45) is 11.8 Å². The van der Waals surface area contributed by atoms with E-state index in [0.717, 1.165) is 38.6 Å². The maximum atomic E-state index is 11.3. The van der Waals surface area contributed by atoms with E-state index < -0.39 is 5.97 Å². The molecule has 0 aromatic heterocycles. The Hall–Kier alpha value is -1.35. The van der Waals surface area contributed by atoms with Gasteiger partial charge in [-0.15, -0.1) is 0 Å². The van der Waals surface area contributed by atoms with Crippen LogP contribution in [-0.4, -0.2) is 17.6 Å². The van der Waals surface area contributed by atoms with Crippen LogP contribution in [0.3, 0.4) is 0 Å². The van der Waals surface area contributed by atoms with Crippen LogP contribution in [0.4, 0.5) is 0 Å². The third-order valence-corrected chi connectivity index (χ3v) is 4.46. The van der Waals surface area contributed by atoms with E-state index in [4.69, 9.17) is 0 Å². The Bertz CT molecular complexity index is 418. The minimum atomic E-state index is -0.621. The predicted molar refractivity (Wildman–Crippen MR) is 80.6 cm³/mol. The van der Waals surface area contributed by atoms with E-state index in [1.54, 1.807) is 0 Å². The average Bonchev–Trinajstić information content (AvgIpc) is 2.49. The number of nitrogens with one attached hydrogen (secondary N) is 1. The highest BCUT2D eigenvalue weighted by Crippen LogP contribution is 2.30. The first kappa shape index (κ1) is 15.0. The maximum absolute atomic E-state index is 11.3. The Kier molecular flexibility index (Phi) is 5.60. The van der Waals surface area contributed by atoms with E-state index in [9.17, 15) is 9.90 Å². The molecule has 3 unspecified atom stereocenters. The summed E-state index contributed by atoms with van der Waals surface area (Å²) in [6, 6.07) is 10.7. The highest BCUT2D eigenvalue weighted by Gasteiger charge is 2.30. The van der Waals surface area contributed by atoms with Crippen molar-refractivity contribution >= 4 is 5.97 Å². The van der Waals surface area contributed by atoms with Crippen LogP contribution < -0.4 is 5.32 Å². The van der Waals surface area contributed by atoms with Crippen LogP contribution >= 0.6 is 0 Å². The zero-order valence-electron chi connectivity index (χ0n) is 12.2. The van der Waals surface area contributed by atoms with Crippen LogP contribution in [0.2, 0.25) is 0 Å². The van der Waals surface area contributed by atoms with Crippen molar-refractivity contribution in [1.29, 1.82) is 0 Å². The summed E-state index contributed by atoms with van der Waals surface area (Å²) in [6.07, 6.45) is 5.12. The van der Waals surface area contributed by atoms with Gasteiger partial charge in [-0.2, -0.15) is 0 Å². The van der Waals surface area contributed by atoms with Crippen molar-refractivity contribution in [3.63, 3.8) is 0 Å². The summed E-state index contributed by atoms with van der Waals surface area (Å²) in [6.45, 7) is 2.98. The molecule has 3 nitrogen and oxygen atoms in total. The maximum Gasteiger partial charge on any atom is 0.306 e. The number of carboxylic acids is 1. The monoisotopic (exact) mass is 275 g/mol. The highest BCUT2D eigenvalue weighted by atomic mass is 16.4. The Balaban J connectivity index is 1.93. The first-order valence-electron chi connectivity index (χ1n) is 7.73. The second-order valence-corrected chi connectivity index (χ2v) is 5.77. The second kappa shape index (κ2) is 7.44. The van der Waals surface area contributed by atoms with Gasteiger partial charge in [-0.3, -0.25) is 4.79 Å². The summed E-state index contributed by atoms with van der Waals surface area (Å²) in [4.78, 5) is 11.3. The molecule has 1 fully saturated rings. The molecule has 0 amide bonds. The van der Waals surface area contributed by atoms with Crippen LogP contribution in [0.5, 0.6) is 0 Å². The van der Waals surface area contributed by atoms with E-state index in [-0.39, 0.29) is 11.8 Å². The van der Waals surface area contributed by atoms with Crippen molar-refractivity contribution in [3.8, 4) is 0 Å². The molecule has 0 heterocycles. The van der Waals surface area contributed by atoms with Crippen LogP contribution in [0.1, 0.15) is 50.6 Å². The van der Waals surface area contributed by atoms with E-state index in [2.05, 4.69) is 36.5 Å². The van der Waals surface area contributed by atoms with Crippen molar-refractivity contribution in [2.45, 2.75) is 45.1 Å². The van der Waals surface area contributed by atoms with Crippen molar-refractivity contribution in [2.75, 3.05) is 6.54 Å². The van der Waals surface area contributed by atoms with Gasteiger partial charge < -0.3 is 10.4 Å². The fourth-order valence-electron chi connectivity index (χ4n) is 3.25. The normalized spacial score (nSPS) is 24.2. The second-order valence-electron chi connectivity index (χ2n) is 5.77. The number of carboxylic acid groups (broad SMARTS) is 1. The number of benzene rings is 1. The molecule has 0 aliphatic heterocycles. The van der Waals surface area contributed by atoms with E-state index in [1.165, 1.54) is 5.56 Å². The van der Waals surface area contributed by atoms with Gasteiger partial charge in [-0.1, -0.05) is 50.1 Å². The van der Waals surface area contributed by atoms with E-state index in [1.807, 2.05) is 6.07 Å². The molecular weight excluding hydrogens is 250 g/mol. The molecule has 1 aromatic rings. The van der Waals surface area contributed by atoms with Crippen LogP contribution in [0.15, 0.2) is 30.3 Å². The average molecular weight is 275 g/mol. The van der Waals surface area contributed by atoms with Gasteiger partial charge >= 0.3 is 5.97 Å². The molecule has 1 saturated carbocycles. The fraction of sp³-hybridized carbons (Fsp3) is 0.588. The highest BCUT2D eigenvalue weighted by molar-refractivity contribution is 5.70. The summed E-state index contributed by atoms with van der Waals surface area (Å²) in [5, 5.41) is 12.9. The van der Waals surface area contributed by atoms with Gasteiger partial charge in [-0.25, -0.2) is 0 Å². The Morgan fingerprint density at radius 3 is 2.65 bits per heavy atom. The Morgan fingerprint density at radius 2 is 2.00 bits per heavy atom. The third-order valence-electron chi connectivity index (χ3n) is 4.46. The quantitative estimate of drug-likeness (QED) is 0.833. The smallest absolute Gasteiger partial charge is 0.306 e. The van der Waals surface area contributed by atoms with E-state index in [0.29, 0.717) is 6.04 Å². The molecule has 3 heteroatoms. The largest absolute Gasteiger partial charge is 0.481 e. The van der Waals surface area contributed by atoms with Crippen LogP contribution in [0, 0.1) is 11.8 Å². The molecule has 0 spiro atoms. The lowest BCUT2D eigenvalue weighted by Crippen LogP contribution is -2.36. The lowest BCUT2D eigenvalue weighted by Gasteiger charge is -2.30. The number of hydrogen-bond donors (Lipinski definition) is 2. The molecule has 0 bridgehead atoms. The topological polar surface area (TPSA) is 49.3 Å². The van der Waals surface area contributed by atoms with Gasteiger partial charge in [0.05, 0.1) is 5.92 Å². The van der Waals surface area contributed by atoms with E-state index >= 15 is 0 Å². The number of aliphatic carboxylic acids is 1. The first-order chi connectivity index (χ1) is 9.72. The van der Waals surface area contributed by atoms with Gasteiger partial charge in [0.25, 0.3) is 0 Å². The number of carbonyl (C=O) groups is 1. The Morgan fingerprint density at radius 1 is 1.30 bits per heavy atom. The molecule has 110 valence electrons. The minimum Gasteiger partial charge on any atom is -0.481 e. The lowest BCUT2D eigenvalue weighted by atomic mass is 9.79. The third kappa shape index (κ3) is 3.83. The molecule has 2 rings (SSSR count). The van der Waals surface area contributed by atoms with Gasteiger partial charge in [0.1, 0.15) is 0 Å². The molecule has 20 heavy (non-hydrogen) atoms. The van der Waals surface area contributed by atoms with Gasteiger partial charge in [0, 0.05) is 6.04 Å². The molecule has 0 saturated heterocycles. The fourth-order valence-corrected chi connectivity index (χ4v) is 3.25. The summed E-state index contributed by atoms with van der Waals surface area (Å²) in [5.41, 5.74) is 1.29. The summed E-state index contributed by atoms with van der Waals surface area (Å²) in [5.74, 6) is -0.507. The molecule has 1 aromatic carbocycles. The molecule has 3 atom stereocenters. The molecule has 1 aliphatic carbocycles. The van der Waals surface area contributed by atoms with Crippen molar-refractivity contribution in [3.05, 3.63) is 35.9 Å². The zero-order chi connectivity index (χ0) is 14.4. The summed E-state index contributed by atoms with van der Waals surface area (Å²) < 4.78 is 0. The summed E-state index contributed by atoms with van der Waals surface area (Å²) >= 11 is 0. The van der Waals surface area contributed by atoms with Gasteiger partial charge in [-0.05, 0) is 37.3 Å². The number of hydrogen-bond acceptors (Lipinski definition) is 2. The van der Waals surface area contributed by atoms with Gasteiger partial charge in [0.2, 0.25) is 0 Å². The van der Waals surface area contributed by atoms with Gasteiger partial charge in [0.15, 0.2) is 0 Å². The minimum absolute atomic E-state index is 0.162. The van der Waals surface area contributed by atoms with Crippen LogP contribution in [-0.2, 0) is 4.79 Å². The SMILES string of the molecule is CCC(NCC1CCCCC1C(=O)O)c1ccccc1. The predicted octanol–water partition coefficient (Wildman–Crippen LogP) is 3.62. The molecule has 2 N–H and O–H groups in total. The van der Waals surface area contributed by atoms with Crippen molar-refractivity contribution in [1.82, 2.24) is 5.32 Å².